The molecule has 0 saturated carbocycles. The molecule has 0 bridgehead atoms. The molecular formula is C22H29ClN8O6S. The highest BCUT2D eigenvalue weighted by Gasteiger charge is 2.37. The van der Waals surface area contributed by atoms with Gasteiger partial charge in [-0.2, -0.15) is 9.97 Å². The quantitative estimate of drug-likeness (QED) is 0.359. The van der Waals surface area contributed by atoms with Crippen LogP contribution in [0.25, 0.3) is 5.69 Å². The van der Waals surface area contributed by atoms with Crippen LogP contribution in [0.2, 0.25) is 5.02 Å². The molecule has 16 heteroatoms. The number of halogens is 1. The van der Waals surface area contributed by atoms with Crippen molar-refractivity contribution in [2.24, 2.45) is 0 Å². The van der Waals surface area contributed by atoms with Gasteiger partial charge in [0.1, 0.15) is 23.5 Å². The third-order valence-corrected chi connectivity index (χ3v) is 7.70. The lowest BCUT2D eigenvalue weighted by Crippen LogP contribution is -2.35. The van der Waals surface area contributed by atoms with Crippen molar-refractivity contribution in [3.05, 3.63) is 35.4 Å². The van der Waals surface area contributed by atoms with Gasteiger partial charge in [-0.3, -0.25) is 9.29 Å². The summed E-state index contributed by atoms with van der Waals surface area (Å²) in [4.78, 5) is 16.7. The molecule has 1 fully saturated rings. The molecule has 0 radical (unpaired) electrons. The number of hydrogen-bond acceptors (Lipinski definition) is 12. The molecule has 0 spiro atoms. The molecule has 1 N–H and O–H groups in total. The summed E-state index contributed by atoms with van der Waals surface area (Å²) in [7, 11) is -1.30. The van der Waals surface area contributed by atoms with Crippen molar-refractivity contribution in [1.82, 2.24) is 34.7 Å². The zero-order valence-electron chi connectivity index (χ0n) is 21.5. The molecule has 3 aromatic rings. The molecule has 0 unspecified atom stereocenters. The van der Waals surface area contributed by atoms with Gasteiger partial charge >= 0.3 is 0 Å². The monoisotopic (exact) mass is 568 g/mol. The van der Waals surface area contributed by atoms with Crippen molar-refractivity contribution in [2.45, 2.75) is 50.6 Å². The van der Waals surface area contributed by atoms with Crippen LogP contribution in [0.4, 0.5) is 5.95 Å². The van der Waals surface area contributed by atoms with E-state index >= 15 is 0 Å². The predicted molar refractivity (Wildman–Crippen MR) is 136 cm³/mol. The summed E-state index contributed by atoms with van der Waals surface area (Å²) in [5, 5.41) is 7.64. The lowest BCUT2D eigenvalue weighted by molar-refractivity contribution is 0.00154. The van der Waals surface area contributed by atoms with Crippen molar-refractivity contribution >= 4 is 27.6 Å². The van der Waals surface area contributed by atoms with E-state index in [1.54, 1.807) is 13.8 Å². The molecular weight excluding hydrogens is 540 g/mol. The second kappa shape index (κ2) is 11.7. The molecule has 206 valence electrons. The van der Waals surface area contributed by atoms with E-state index in [4.69, 9.17) is 30.5 Å². The average Bonchev–Trinajstić information content (AvgIpc) is 3.56. The molecule has 4 heterocycles. The van der Waals surface area contributed by atoms with Gasteiger partial charge in [-0.05, 0) is 27.2 Å². The molecule has 14 nitrogen and oxygen atoms in total. The fourth-order valence-corrected chi connectivity index (χ4v) is 5.13. The Labute approximate surface area is 225 Å². The molecule has 1 saturated heterocycles. The van der Waals surface area contributed by atoms with Gasteiger partial charge in [0.15, 0.2) is 11.5 Å². The average molecular weight is 569 g/mol. The Morgan fingerprint density at radius 3 is 2.29 bits per heavy atom. The van der Waals surface area contributed by atoms with E-state index in [-0.39, 0.29) is 41.2 Å². The molecule has 38 heavy (non-hydrogen) atoms. The van der Waals surface area contributed by atoms with E-state index in [0.717, 1.165) is 0 Å². The largest absolute Gasteiger partial charge is 0.479 e. The van der Waals surface area contributed by atoms with E-state index in [1.165, 1.54) is 44.4 Å². The Hall–Kier alpha value is -3.14. The van der Waals surface area contributed by atoms with Crippen LogP contribution in [0.3, 0.4) is 0 Å². The molecule has 0 amide bonds. The van der Waals surface area contributed by atoms with Crippen molar-refractivity contribution in [3.63, 3.8) is 0 Å². The zero-order valence-corrected chi connectivity index (χ0v) is 23.1. The van der Waals surface area contributed by atoms with Crippen LogP contribution >= 0.6 is 11.6 Å². The number of hydrogen-bond donors (Lipinski definition) is 1. The van der Waals surface area contributed by atoms with Crippen molar-refractivity contribution in [1.29, 1.82) is 0 Å². The minimum Gasteiger partial charge on any atom is -0.479 e. The first-order chi connectivity index (χ1) is 18.2. The van der Waals surface area contributed by atoms with Crippen LogP contribution in [-0.2, 0) is 19.5 Å². The Bertz CT molecular complexity index is 1330. The summed E-state index contributed by atoms with van der Waals surface area (Å²) in [6, 6.07) is 0. The molecule has 0 aromatic carbocycles. The van der Waals surface area contributed by atoms with Crippen LogP contribution in [-0.4, -0.2) is 81.9 Å². The van der Waals surface area contributed by atoms with Gasteiger partial charge in [0, 0.05) is 24.9 Å². The van der Waals surface area contributed by atoms with Gasteiger partial charge in [0.25, 0.3) is 0 Å². The molecule has 1 aliphatic rings. The Kier molecular flexibility index (Phi) is 8.60. The van der Waals surface area contributed by atoms with Crippen molar-refractivity contribution in [2.75, 3.05) is 32.2 Å². The Balaban J connectivity index is 1.78. The maximum Gasteiger partial charge on any atom is 0.245 e. The number of nitrogens with zero attached hydrogens (tertiary/aromatic N) is 7. The third kappa shape index (κ3) is 5.80. The highest BCUT2D eigenvalue weighted by atomic mass is 35.5. The topological polar surface area (TPSA) is 165 Å². The summed E-state index contributed by atoms with van der Waals surface area (Å²) in [6.07, 6.45) is 3.38. The molecule has 4 rings (SSSR count). The summed E-state index contributed by atoms with van der Waals surface area (Å²) < 4.78 is 53.8. The number of aromatic nitrogens is 7. The number of methoxy groups -OCH3 is 2. The lowest BCUT2D eigenvalue weighted by Gasteiger charge is -2.25. The normalized spacial score (nSPS) is 17.4. The number of anilines is 1. The van der Waals surface area contributed by atoms with Crippen molar-refractivity contribution in [3.8, 4) is 17.4 Å². The summed E-state index contributed by atoms with van der Waals surface area (Å²) in [5.74, 6) is 0.626. The number of nitrogens with one attached hydrogen (secondary N) is 1. The van der Waals surface area contributed by atoms with Gasteiger partial charge in [0.2, 0.25) is 27.7 Å². The van der Waals surface area contributed by atoms with Gasteiger partial charge in [-0.25, -0.2) is 18.4 Å². The first-order valence-corrected chi connectivity index (χ1v) is 13.7. The van der Waals surface area contributed by atoms with Crippen LogP contribution < -0.4 is 14.2 Å². The van der Waals surface area contributed by atoms with Crippen LogP contribution in [0, 0.1) is 0 Å². The Morgan fingerprint density at radius 1 is 1.08 bits per heavy atom. The molecule has 3 atom stereocenters. The smallest absolute Gasteiger partial charge is 0.245 e. The van der Waals surface area contributed by atoms with E-state index in [1.807, 2.05) is 0 Å². The fraction of sp³-hybridized carbons (Fsp3) is 0.545. The fourth-order valence-electron chi connectivity index (χ4n) is 3.95. The second-order valence-corrected chi connectivity index (χ2v) is 11.2. The highest BCUT2D eigenvalue weighted by Crippen LogP contribution is 2.36. The first kappa shape index (κ1) is 27.9. The summed E-state index contributed by atoms with van der Waals surface area (Å²) in [5.41, 5.74) is 0.241. The SMILES string of the molecule is COc1ncnc(OC)c1-n1c(NS(=O)(=O)[C@@H](C)[C@@H](OC(C)C)c2ncc(Cl)cn2)nnc1[C@@H]1CCOC1. The zero-order chi connectivity index (χ0) is 27.4. The van der Waals surface area contributed by atoms with Crippen LogP contribution in [0.1, 0.15) is 50.9 Å². The number of sulfonamides is 1. The van der Waals surface area contributed by atoms with Crippen LogP contribution in [0.15, 0.2) is 18.7 Å². The summed E-state index contributed by atoms with van der Waals surface area (Å²) in [6.45, 7) is 5.99. The second-order valence-electron chi connectivity index (χ2n) is 8.74. The Morgan fingerprint density at radius 2 is 1.74 bits per heavy atom. The minimum absolute atomic E-state index is 0.106. The van der Waals surface area contributed by atoms with Crippen molar-refractivity contribution < 1.29 is 27.4 Å². The van der Waals surface area contributed by atoms with E-state index in [9.17, 15) is 8.42 Å². The number of rotatable bonds is 11. The standard InChI is InChI=1S/C22H29ClN8O6S/c1-12(2)37-17(18-24-8-15(23)9-25-18)13(3)38(32,33)30-22-29-28-19(14-6-7-36-10-14)31(22)16-20(34-4)26-11-27-21(16)35-5/h8-9,11-14,17H,6-7,10H2,1-5H3,(H,29,30)/t13-,14+,17+/m0/s1. The van der Waals surface area contributed by atoms with E-state index < -0.39 is 21.4 Å². The van der Waals surface area contributed by atoms with Gasteiger partial charge < -0.3 is 18.9 Å². The lowest BCUT2D eigenvalue weighted by atomic mass is 10.1. The van der Waals surface area contributed by atoms with Gasteiger partial charge in [-0.15, -0.1) is 10.2 Å². The molecule has 0 aliphatic carbocycles. The summed E-state index contributed by atoms with van der Waals surface area (Å²) >= 11 is 5.93. The first-order valence-electron chi connectivity index (χ1n) is 11.8. The number of ether oxygens (including phenoxy) is 4. The minimum atomic E-state index is -4.16. The van der Waals surface area contributed by atoms with E-state index in [0.29, 0.717) is 30.5 Å². The van der Waals surface area contributed by atoms with Gasteiger partial charge in [0.05, 0.1) is 32.0 Å². The maximum absolute atomic E-state index is 13.7. The molecule has 3 aromatic heterocycles. The predicted octanol–water partition coefficient (Wildman–Crippen LogP) is 2.32. The molecule has 1 aliphatic heterocycles. The third-order valence-electron chi connectivity index (χ3n) is 5.81. The van der Waals surface area contributed by atoms with Gasteiger partial charge in [-0.1, -0.05) is 11.6 Å². The van der Waals surface area contributed by atoms with Crippen LogP contribution in [0.5, 0.6) is 11.8 Å². The van der Waals surface area contributed by atoms with E-state index in [2.05, 4.69) is 34.9 Å². The maximum atomic E-state index is 13.7. The highest BCUT2D eigenvalue weighted by molar-refractivity contribution is 7.93.